The van der Waals surface area contributed by atoms with Gasteiger partial charge in [0.1, 0.15) is 0 Å². The van der Waals surface area contributed by atoms with Crippen molar-refractivity contribution in [1.29, 1.82) is 0 Å². The van der Waals surface area contributed by atoms with E-state index in [0.29, 0.717) is 5.69 Å². The van der Waals surface area contributed by atoms with Gasteiger partial charge in [-0.05, 0) is 31.8 Å². The van der Waals surface area contributed by atoms with Crippen LogP contribution in [0.1, 0.15) is 5.56 Å². The Bertz CT molecular complexity index is 429. The van der Waals surface area contributed by atoms with Gasteiger partial charge in [-0.1, -0.05) is 12.1 Å². The summed E-state index contributed by atoms with van der Waals surface area (Å²) in [5.41, 5.74) is 6.99. The molecule has 0 saturated heterocycles. The van der Waals surface area contributed by atoms with E-state index in [4.69, 9.17) is 5.73 Å². The van der Waals surface area contributed by atoms with Gasteiger partial charge in [0.05, 0.1) is 13.1 Å². The normalized spacial score (nSPS) is 10.3. The molecular weight excluding hydrogens is 244 g/mol. The molecule has 0 radical (unpaired) electrons. The molecule has 0 atom stereocenters. The van der Waals surface area contributed by atoms with Crippen molar-refractivity contribution < 1.29 is 9.59 Å². The zero-order valence-corrected chi connectivity index (χ0v) is 11.3. The molecule has 1 aromatic carbocycles. The van der Waals surface area contributed by atoms with Crippen LogP contribution in [0.2, 0.25) is 0 Å². The molecule has 0 unspecified atom stereocenters. The van der Waals surface area contributed by atoms with Gasteiger partial charge in [-0.25, -0.2) is 0 Å². The van der Waals surface area contributed by atoms with E-state index in [1.54, 1.807) is 0 Å². The number of hydrogen-bond donors (Lipinski definition) is 3. The largest absolute Gasteiger partial charge is 0.346 e. The van der Waals surface area contributed by atoms with Crippen molar-refractivity contribution in [3.63, 3.8) is 0 Å². The van der Waals surface area contributed by atoms with Crippen LogP contribution in [0.3, 0.4) is 0 Å². The molecule has 6 heteroatoms. The molecule has 0 fully saturated rings. The highest BCUT2D eigenvalue weighted by Gasteiger charge is 2.04. The summed E-state index contributed by atoms with van der Waals surface area (Å²) in [6.45, 7) is 0.656. The number of anilines is 1. The van der Waals surface area contributed by atoms with Gasteiger partial charge in [-0.2, -0.15) is 0 Å². The van der Waals surface area contributed by atoms with Gasteiger partial charge in [-0.15, -0.1) is 0 Å². The van der Waals surface area contributed by atoms with Crippen molar-refractivity contribution in [3.05, 3.63) is 29.8 Å². The molecule has 4 N–H and O–H groups in total. The molecule has 0 heterocycles. The first kappa shape index (κ1) is 15.1. The second-order valence-corrected chi connectivity index (χ2v) is 4.46. The highest BCUT2D eigenvalue weighted by atomic mass is 16.2. The van der Waals surface area contributed by atoms with Gasteiger partial charge in [0.15, 0.2) is 0 Å². The van der Waals surface area contributed by atoms with Gasteiger partial charge in [0, 0.05) is 12.2 Å². The third-order valence-electron chi connectivity index (χ3n) is 2.37. The number of amides is 2. The van der Waals surface area contributed by atoms with Crippen molar-refractivity contribution in [1.82, 2.24) is 10.2 Å². The molecular formula is C13H20N4O2. The minimum atomic E-state index is -0.350. The van der Waals surface area contributed by atoms with Crippen LogP contribution >= 0.6 is 0 Å². The lowest BCUT2D eigenvalue weighted by Crippen LogP contribution is -2.36. The first-order valence-corrected chi connectivity index (χ1v) is 6.01. The fourth-order valence-electron chi connectivity index (χ4n) is 1.51. The van der Waals surface area contributed by atoms with E-state index in [1.165, 1.54) is 5.56 Å². The molecule has 104 valence electrons. The first-order valence-electron chi connectivity index (χ1n) is 6.01. The molecule has 0 aliphatic heterocycles. The van der Waals surface area contributed by atoms with Crippen LogP contribution in [0.15, 0.2) is 24.3 Å². The maximum Gasteiger partial charge on any atom is 0.243 e. The smallest absolute Gasteiger partial charge is 0.243 e. The van der Waals surface area contributed by atoms with Crippen LogP contribution < -0.4 is 16.4 Å². The molecule has 6 nitrogen and oxygen atoms in total. The molecule has 0 aromatic heterocycles. The Morgan fingerprint density at radius 2 is 1.79 bits per heavy atom. The van der Waals surface area contributed by atoms with Crippen LogP contribution in [0.4, 0.5) is 5.69 Å². The number of rotatable bonds is 6. The minimum Gasteiger partial charge on any atom is -0.346 e. The van der Waals surface area contributed by atoms with Crippen LogP contribution in [-0.4, -0.2) is 43.9 Å². The maximum atomic E-state index is 11.5. The summed E-state index contributed by atoms with van der Waals surface area (Å²) < 4.78 is 0. The van der Waals surface area contributed by atoms with Crippen LogP contribution in [0, 0.1) is 0 Å². The summed E-state index contributed by atoms with van der Waals surface area (Å²) in [7, 11) is 3.99. The molecule has 0 bridgehead atoms. The van der Waals surface area contributed by atoms with Gasteiger partial charge in [-0.3, -0.25) is 9.59 Å². The van der Waals surface area contributed by atoms with Crippen LogP contribution in [-0.2, 0) is 16.1 Å². The minimum absolute atomic E-state index is 0.0739. The maximum absolute atomic E-state index is 11.5. The highest BCUT2D eigenvalue weighted by Crippen LogP contribution is 2.10. The molecule has 2 amide bonds. The lowest BCUT2D eigenvalue weighted by atomic mass is 10.2. The zero-order valence-electron chi connectivity index (χ0n) is 11.3. The first-order chi connectivity index (χ1) is 9.01. The Kier molecular flexibility index (Phi) is 5.98. The van der Waals surface area contributed by atoms with Crippen molar-refractivity contribution >= 4 is 17.5 Å². The number of hydrogen-bond acceptors (Lipinski definition) is 4. The Morgan fingerprint density at radius 3 is 2.32 bits per heavy atom. The van der Waals surface area contributed by atoms with E-state index in [0.717, 1.165) is 6.54 Å². The van der Waals surface area contributed by atoms with Crippen molar-refractivity contribution in [2.24, 2.45) is 5.73 Å². The Balaban J connectivity index is 2.44. The summed E-state index contributed by atoms with van der Waals surface area (Å²) in [5.74, 6) is -0.626. The van der Waals surface area contributed by atoms with Crippen molar-refractivity contribution in [2.45, 2.75) is 6.54 Å². The summed E-state index contributed by atoms with van der Waals surface area (Å²) in [4.78, 5) is 24.5. The Hall–Kier alpha value is -1.92. The fourth-order valence-corrected chi connectivity index (χ4v) is 1.51. The average molecular weight is 264 g/mol. The van der Waals surface area contributed by atoms with Gasteiger partial charge in [0.25, 0.3) is 0 Å². The molecule has 0 saturated carbocycles. The quantitative estimate of drug-likeness (QED) is 0.662. The van der Waals surface area contributed by atoms with E-state index < -0.39 is 0 Å². The predicted molar refractivity (Wildman–Crippen MR) is 74.5 cm³/mol. The number of nitrogens with zero attached hydrogens (tertiary/aromatic N) is 1. The Morgan fingerprint density at radius 1 is 1.16 bits per heavy atom. The molecule has 0 spiro atoms. The topological polar surface area (TPSA) is 87.5 Å². The molecule has 1 aromatic rings. The number of carbonyl (C=O) groups is 2. The van der Waals surface area contributed by atoms with Gasteiger partial charge >= 0.3 is 0 Å². The number of nitrogens with two attached hydrogens (primary N) is 1. The molecule has 0 aliphatic carbocycles. The van der Waals surface area contributed by atoms with E-state index in [-0.39, 0.29) is 24.9 Å². The number of benzene rings is 1. The highest BCUT2D eigenvalue weighted by molar-refractivity contribution is 5.94. The van der Waals surface area contributed by atoms with Crippen molar-refractivity contribution in [3.8, 4) is 0 Å². The summed E-state index contributed by atoms with van der Waals surface area (Å²) in [5, 5.41) is 5.10. The van der Waals surface area contributed by atoms with Gasteiger partial charge < -0.3 is 21.3 Å². The van der Waals surface area contributed by atoms with E-state index in [9.17, 15) is 9.59 Å². The standard InChI is InChI=1S/C13H20N4O2/c1-17(2)9-10-3-5-11(6-4-10)16-13(19)8-15-12(18)7-14/h3-6H,7-9,14H2,1-2H3,(H,15,18)(H,16,19). The third kappa shape index (κ3) is 5.98. The zero-order chi connectivity index (χ0) is 14.3. The molecule has 0 aliphatic rings. The Labute approximate surface area is 113 Å². The summed E-state index contributed by atoms with van der Waals surface area (Å²) in [6, 6.07) is 7.57. The number of carbonyl (C=O) groups excluding carboxylic acids is 2. The van der Waals surface area contributed by atoms with E-state index in [2.05, 4.69) is 15.5 Å². The monoisotopic (exact) mass is 264 g/mol. The summed E-state index contributed by atoms with van der Waals surface area (Å²) >= 11 is 0. The average Bonchev–Trinajstić information content (AvgIpc) is 2.37. The summed E-state index contributed by atoms with van der Waals surface area (Å²) in [6.07, 6.45) is 0. The van der Waals surface area contributed by atoms with Crippen molar-refractivity contribution in [2.75, 3.05) is 32.5 Å². The molecule has 19 heavy (non-hydrogen) atoms. The van der Waals surface area contributed by atoms with Crippen LogP contribution in [0.25, 0.3) is 0 Å². The fraction of sp³-hybridized carbons (Fsp3) is 0.385. The predicted octanol–water partition coefficient (Wildman–Crippen LogP) is -0.238. The van der Waals surface area contributed by atoms with Gasteiger partial charge in [0.2, 0.25) is 11.8 Å². The lowest BCUT2D eigenvalue weighted by Gasteiger charge is -2.10. The second kappa shape index (κ2) is 7.50. The van der Waals surface area contributed by atoms with E-state index >= 15 is 0 Å². The molecule has 1 rings (SSSR count). The SMILES string of the molecule is CN(C)Cc1ccc(NC(=O)CNC(=O)CN)cc1. The third-order valence-corrected chi connectivity index (χ3v) is 2.37. The van der Waals surface area contributed by atoms with E-state index in [1.807, 2.05) is 38.4 Å². The van der Waals surface area contributed by atoms with Crippen LogP contribution in [0.5, 0.6) is 0 Å². The second-order valence-electron chi connectivity index (χ2n) is 4.46. The lowest BCUT2D eigenvalue weighted by molar-refractivity contribution is -0.123. The number of nitrogens with one attached hydrogen (secondary N) is 2.